The van der Waals surface area contributed by atoms with E-state index >= 15 is 0 Å². The van der Waals surface area contributed by atoms with Crippen LogP contribution in [0.1, 0.15) is 11.1 Å². The van der Waals surface area contributed by atoms with Gasteiger partial charge < -0.3 is 4.90 Å². The average Bonchev–Trinajstić information content (AvgIpc) is 2.73. The summed E-state index contributed by atoms with van der Waals surface area (Å²) >= 11 is 0. The first-order chi connectivity index (χ1) is 8.84. The maximum Gasteiger partial charge on any atom is 0.231 e. The zero-order valence-electron chi connectivity index (χ0n) is 10.2. The quantitative estimate of drug-likeness (QED) is 0.803. The van der Waals surface area contributed by atoms with Gasteiger partial charge in [0.1, 0.15) is 0 Å². The van der Waals surface area contributed by atoms with Crippen molar-refractivity contribution in [2.24, 2.45) is 0 Å². The fourth-order valence-corrected chi connectivity index (χ4v) is 2.45. The molecule has 18 heavy (non-hydrogen) atoms. The topological polar surface area (TPSA) is 20.3 Å². The van der Waals surface area contributed by atoms with Gasteiger partial charge in [0.2, 0.25) is 5.91 Å². The lowest BCUT2D eigenvalue weighted by atomic mass is 10.1. The van der Waals surface area contributed by atoms with Gasteiger partial charge in [-0.3, -0.25) is 4.79 Å². The van der Waals surface area contributed by atoms with Crippen LogP contribution < -0.4 is 4.90 Å². The van der Waals surface area contributed by atoms with Crippen LogP contribution in [0.5, 0.6) is 0 Å². The first-order valence-corrected chi connectivity index (χ1v) is 6.27. The maximum absolute atomic E-state index is 12.0. The van der Waals surface area contributed by atoms with Crippen molar-refractivity contribution >= 4 is 11.6 Å². The molecule has 1 aliphatic rings. The molecule has 0 saturated carbocycles. The fraction of sp³-hybridized carbons (Fsp3) is 0.188. The van der Waals surface area contributed by atoms with Crippen molar-refractivity contribution in [3.8, 4) is 0 Å². The summed E-state index contributed by atoms with van der Waals surface area (Å²) in [6, 6.07) is 18.4. The summed E-state index contributed by atoms with van der Waals surface area (Å²) < 4.78 is 0. The summed E-state index contributed by atoms with van der Waals surface area (Å²) in [5, 5.41) is 0. The Bertz CT molecular complexity index is 562. The second kappa shape index (κ2) is 4.65. The molecule has 2 heteroatoms. The van der Waals surface area contributed by atoms with Crippen LogP contribution in [0.4, 0.5) is 5.69 Å². The minimum Gasteiger partial charge on any atom is -0.312 e. The molecule has 2 aromatic carbocycles. The standard InChI is InChI=1S/C16H15NO/c18-16-12-14-8-4-5-9-15(14)17(16)11-10-13-6-2-1-3-7-13/h1-9H,10-12H2. The molecule has 0 radical (unpaired) electrons. The Labute approximate surface area is 107 Å². The van der Waals surface area contributed by atoms with Gasteiger partial charge >= 0.3 is 0 Å². The van der Waals surface area contributed by atoms with Gasteiger partial charge in [-0.05, 0) is 23.6 Å². The van der Waals surface area contributed by atoms with Crippen LogP contribution in [0.25, 0.3) is 0 Å². The van der Waals surface area contributed by atoms with E-state index in [0.717, 1.165) is 24.2 Å². The lowest BCUT2D eigenvalue weighted by Gasteiger charge is -2.17. The van der Waals surface area contributed by atoms with Crippen molar-refractivity contribution in [1.82, 2.24) is 0 Å². The van der Waals surface area contributed by atoms with Crippen LogP contribution in [0, 0.1) is 0 Å². The van der Waals surface area contributed by atoms with E-state index in [4.69, 9.17) is 0 Å². The Morgan fingerprint density at radius 2 is 1.67 bits per heavy atom. The van der Waals surface area contributed by atoms with Gasteiger partial charge in [-0.2, -0.15) is 0 Å². The fourth-order valence-electron chi connectivity index (χ4n) is 2.45. The van der Waals surface area contributed by atoms with E-state index in [1.54, 1.807) is 0 Å². The molecular formula is C16H15NO. The molecule has 0 spiro atoms. The molecule has 0 N–H and O–H groups in total. The molecule has 1 amide bonds. The van der Waals surface area contributed by atoms with Gasteiger partial charge in [0, 0.05) is 12.2 Å². The van der Waals surface area contributed by atoms with Gasteiger partial charge in [0.15, 0.2) is 0 Å². The highest BCUT2D eigenvalue weighted by atomic mass is 16.2. The molecule has 90 valence electrons. The lowest BCUT2D eigenvalue weighted by molar-refractivity contribution is -0.117. The van der Waals surface area contributed by atoms with Crippen molar-refractivity contribution < 1.29 is 4.79 Å². The molecular weight excluding hydrogens is 222 g/mol. The monoisotopic (exact) mass is 237 g/mol. The smallest absolute Gasteiger partial charge is 0.231 e. The number of hydrogen-bond donors (Lipinski definition) is 0. The molecule has 2 nitrogen and oxygen atoms in total. The van der Waals surface area contributed by atoms with E-state index in [0.29, 0.717) is 6.42 Å². The number of benzene rings is 2. The number of nitrogens with zero attached hydrogens (tertiary/aromatic N) is 1. The minimum absolute atomic E-state index is 0.215. The highest BCUT2D eigenvalue weighted by Crippen LogP contribution is 2.28. The number of rotatable bonds is 3. The van der Waals surface area contributed by atoms with Gasteiger partial charge in [-0.15, -0.1) is 0 Å². The van der Waals surface area contributed by atoms with Crippen molar-refractivity contribution in [1.29, 1.82) is 0 Å². The van der Waals surface area contributed by atoms with E-state index in [9.17, 15) is 4.79 Å². The van der Waals surface area contributed by atoms with E-state index < -0.39 is 0 Å². The number of para-hydroxylation sites is 1. The summed E-state index contributed by atoms with van der Waals surface area (Å²) in [6.07, 6.45) is 1.45. The molecule has 0 atom stereocenters. The normalized spacial score (nSPS) is 13.8. The number of hydrogen-bond acceptors (Lipinski definition) is 1. The van der Waals surface area contributed by atoms with Crippen LogP contribution in [0.2, 0.25) is 0 Å². The first-order valence-electron chi connectivity index (χ1n) is 6.27. The molecule has 0 bridgehead atoms. The molecule has 0 aromatic heterocycles. The van der Waals surface area contributed by atoms with E-state index in [-0.39, 0.29) is 5.91 Å². The first kappa shape index (κ1) is 11.0. The molecule has 0 fully saturated rings. The Kier molecular flexibility index (Phi) is 2.85. The molecule has 2 aromatic rings. The molecule has 1 aliphatic heterocycles. The molecule has 0 aliphatic carbocycles. The Balaban J connectivity index is 1.76. The predicted molar refractivity (Wildman–Crippen MR) is 72.6 cm³/mol. The summed E-state index contributed by atoms with van der Waals surface area (Å²) in [7, 11) is 0. The van der Waals surface area contributed by atoms with E-state index in [2.05, 4.69) is 12.1 Å². The summed E-state index contributed by atoms with van der Waals surface area (Å²) in [5.74, 6) is 0.215. The second-order valence-electron chi connectivity index (χ2n) is 4.59. The molecule has 0 saturated heterocycles. The SMILES string of the molecule is O=C1Cc2ccccc2N1CCc1ccccc1. The largest absolute Gasteiger partial charge is 0.312 e. The van der Waals surface area contributed by atoms with Crippen molar-refractivity contribution in [2.75, 3.05) is 11.4 Å². The summed E-state index contributed by atoms with van der Waals surface area (Å²) in [6.45, 7) is 0.764. The Hall–Kier alpha value is -2.09. The average molecular weight is 237 g/mol. The van der Waals surface area contributed by atoms with E-state index in [1.165, 1.54) is 5.56 Å². The van der Waals surface area contributed by atoms with E-state index in [1.807, 2.05) is 47.4 Å². The van der Waals surface area contributed by atoms with Crippen LogP contribution in [0.3, 0.4) is 0 Å². The van der Waals surface area contributed by atoms with Gasteiger partial charge in [-0.1, -0.05) is 48.5 Å². The minimum atomic E-state index is 0.215. The van der Waals surface area contributed by atoms with Crippen LogP contribution in [-0.4, -0.2) is 12.5 Å². The summed E-state index contributed by atoms with van der Waals surface area (Å²) in [5.41, 5.74) is 3.50. The predicted octanol–water partition coefficient (Wildman–Crippen LogP) is 2.82. The van der Waals surface area contributed by atoms with Crippen LogP contribution >= 0.6 is 0 Å². The zero-order valence-corrected chi connectivity index (χ0v) is 10.2. The number of amides is 1. The second-order valence-corrected chi connectivity index (χ2v) is 4.59. The molecule has 0 unspecified atom stereocenters. The number of carbonyl (C=O) groups excluding carboxylic acids is 1. The molecule has 3 rings (SSSR count). The van der Waals surface area contributed by atoms with Crippen molar-refractivity contribution in [3.63, 3.8) is 0 Å². The summed E-state index contributed by atoms with van der Waals surface area (Å²) in [4.78, 5) is 13.9. The highest BCUT2D eigenvalue weighted by Gasteiger charge is 2.25. The van der Waals surface area contributed by atoms with Crippen molar-refractivity contribution in [2.45, 2.75) is 12.8 Å². The third-order valence-corrected chi connectivity index (χ3v) is 3.39. The Morgan fingerprint density at radius 1 is 0.944 bits per heavy atom. The van der Waals surface area contributed by atoms with Crippen molar-refractivity contribution in [3.05, 3.63) is 65.7 Å². The number of fused-ring (bicyclic) bond motifs is 1. The van der Waals surface area contributed by atoms with Crippen LogP contribution in [-0.2, 0) is 17.6 Å². The maximum atomic E-state index is 12.0. The van der Waals surface area contributed by atoms with Crippen LogP contribution in [0.15, 0.2) is 54.6 Å². The van der Waals surface area contributed by atoms with Gasteiger partial charge in [-0.25, -0.2) is 0 Å². The zero-order chi connectivity index (χ0) is 12.4. The van der Waals surface area contributed by atoms with Gasteiger partial charge in [0.05, 0.1) is 6.42 Å². The third kappa shape index (κ3) is 2.02. The highest BCUT2D eigenvalue weighted by molar-refractivity contribution is 6.01. The number of carbonyl (C=O) groups is 1. The lowest BCUT2D eigenvalue weighted by Crippen LogP contribution is -2.28. The van der Waals surface area contributed by atoms with Gasteiger partial charge in [0.25, 0.3) is 0 Å². The molecule has 1 heterocycles. The third-order valence-electron chi connectivity index (χ3n) is 3.39. The number of anilines is 1. The Morgan fingerprint density at radius 3 is 2.50 bits per heavy atom.